The molecule has 2 aromatic carbocycles. The number of unbranched alkanes of at least 4 members (excludes halogenated alkanes) is 1. The molecule has 0 aliphatic heterocycles. The largest absolute Gasteiger partial charge is 0.497 e. The molecule has 5 nitrogen and oxygen atoms in total. The predicted molar refractivity (Wildman–Crippen MR) is 106 cm³/mol. The molecule has 1 aromatic heterocycles. The van der Waals surface area contributed by atoms with Crippen LogP contribution < -0.4 is 4.74 Å². The van der Waals surface area contributed by atoms with E-state index in [2.05, 4.69) is 22.1 Å². The summed E-state index contributed by atoms with van der Waals surface area (Å²) in [6.07, 6.45) is 4.12. The van der Waals surface area contributed by atoms with E-state index >= 15 is 0 Å². The van der Waals surface area contributed by atoms with Gasteiger partial charge in [0, 0.05) is 17.5 Å². The van der Waals surface area contributed by atoms with Crippen LogP contribution in [0, 0.1) is 0 Å². The zero-order chi connectivity index (χ0) is 18.2. The van der Waals surface area contributed by atoms with Crippen LogP contribution in [0.4, 0.5) is 5.69 Å². The van der Waals surface area contributed by atoms with Crippen LogP contribution in [0.3, 0.4) is 0 Å². The molecule has 3 rings (SSSR count). The van der Waals surface area contributed by atoms with Gasteiger partial charge in [-0.1, -0.05) is 25.1 Å². The SMILES string of the molecule is CCCCSc1nnc(-c2ccc(N=Cc3ccc(OC)cc3)cc2)o1. The summed E-state index contributed by atoms with van der Waals surface area (Å²) < 4.78 is 10.8. The molecule has 3 aromatic rings. The summed E-state index contributed by atoms with van der Waals surface area (Å²) in [6.45, 7) is 2.17. The van der Waals surface area contributed by atoms with Crippen molar-refractivity contribution in [2.24, 2.45) is 4.99 Å². The lowest BCUT2D eigenvalue weighted by atomic mass is 10.2. The number of rotatable bonds is 8. The Morgan fingerprint density at radius 2 is 1.85 bits per heavy atom. The standard InChI is InChI=1S/C20H21N3O2S/c1-3-4-13-26-20-23-22-19(25-20)16-7-9-17(10-8-16)21-14-15-5-11-18(24-2)12-6-15/h5-12,14H,3-4,13H2,1-2H3. The molecule has 0 radical (unpaired) electrons. The Kier molecular flexibility index (Phi) is 6.44. The topological polar surface area (TPSA) is 60.5 Å². The van der Waals surface area contributed by atoms with Gasteiger partial charge in [-0.2, -0.15) is 0 Å². The molecule has 0 atom stereocenters. The second kappa shape index (κ2) is 9.20. The van der Waals surface area contributed by atoms with Gasteiger partial charge in [0.2, 0.25) is 5.89 Å². The number of hydrogen-bond acceptors (Lipinski definition) is 6. The van der Waals surface area contributed by atoms with Crippen molar-refractivity contribution in [3.63, 3.8) is 0 Å². The first-order chi connectivity index (χ1) is 12.8. The minimum atomic E-state index is 0.537. The first kappa shape index (κ1) is 18.2. The molecule has 26 heavy (non-hydrogen) atoms. The monoisotopic (exact) mass is 367 g/mol. The third kappa shape index (κ3) is 4.95. The molecule has 0 saturated carbocycles. The fraction of sp³-hybridized carbons (Fsp3) is 0.250. The number of aliphatic imine (C=N–C) groups is 1. The van der Waals surface area contributed by atoms with Crippen LogP contribution >= 0.6 is 11.8 Å². The molecule has 0 amide bonds. The summed E-state index contributed by atoms with van der Waals surface area (Å²) >= 11 is 1.60. The molecular formula is C20H21N3O2S. The summed E-state index contributed by atoms with van der Waals surface area (Å²) in [5.41, 5.74) is 2.77. The Labute approximate surface area is 157 Å². The summed E-state index contributed by atoms with van der Waals surface area (Å²) in [7, 11) is 1.65. The first-order valence-corrected chi connectivity index (χ1v) is 9.52. The fourth-order valence-electron chi connectivity index (χ4n) is 2.22. The molecule has 0 aliphatic rings. The van der Waals surface area contributed by atoms with Crippen molar-refractivity contribution in [2.75, 3.05) is 12.9 Å². The van der Waals surface area contributed by atoms with Crippen molar-refractivity contribution in [3.8, 4) is 17.2 Å². The van der Waals surface area contributed by atoms with Crippen molar-refractivity contribution < 1.29 is 9.15 Å². The molecule has 134 valence electrons. The van der Waals surface area contributed by atoms with Gasteiger partial charge in [-0.25, -0.2) is 0 Å². The van der Waals surface area contributed by atoms with E-state index in [0.717, 1.165) is 41.2 Å². The van der Waals surface area contributed by atoms with E-state index in [0.29, 0.717) is 11.1 Å². The number of hydrogen-bond donors (Lipinski definition) is 0. The van der Waals surface area contributed by atoms with Gasteiger partial charge < -0.3 is 9.15 Å². The average molecular weight is 367 g/mol. The number of methoxy groups -OCH3 is 1. The van der Waals surface area contributed by atoms with Crippen molar-refractivity contribution >= 4 is 23.7 Å². The smallest absolute Gasteiger partial charge is 0.276 e. The van der Waals surface area contributed by atoms with E-state index < -0.39 is 0 Å². The maximum absolute atomic E-state index is 5.70. The molecular weight excluding hydrogens is 346 g/mol. The highest BCUT2D eigenvalue weighted by molar-refractivity contribution is 7.99. The van der Waals surface area contributed by atoms with Crippen LogP contribution in [0.15, 0.2) is 63.2 Å². The lowest BCUT2D eigenvalue weighted by Crippen LogP contribution is -1.84. The molecule has 1 heterocycles. The third-order valence-corrected chi connectivity index (χ3v) is 4.63. The Hall–Kier alpha value is -2.60. The number of aromatic nitrogens is 2. The minimum absolute atomic E-state index is 0.537. The van der Waals surface area contributed by atoms with Crippen LogP contribution in [0.2, 0.25) is 0 Å². The predicted octanol–water partition coefficient (Wildman–Crippen LogP) is 5.39. The summed E-state index contributed by atoms with van der Waals surface area (Å²) in [6, 6.07) is 15.5. The molecule has 0 N–H and O–H groups in total. The minimum Gasteiger partial charge on any atom is -0.497 e. The maximum atomic E-state index is 5.70. The van der Waals surface area contributed by atoms with Crippen molar-refractivity contribution in [1.29, 1.82) is 0 Å². The van der Waals surface area contributed by atoms with Gasteiger partial charge in [-0.05, 0) is 60.5 Å². The highest BCUT2D eigenvalue weighted by Gasteiger charge is 2.08. The molecule has 0 unspecified atom stereocenters. The van der Waals surface area contributed by atoms with Crippen LogP contribution in [-0.4, -0.2) is 29.3 Å². The van der Waals surface area contributed by atoms with E-state index in [-0.39, 0.29) is 0 Å². The molecule has 0 bridgehead atoms. The highest BCUT2D eigenvalue weighted by Crippen LogP contribution is 2.25. The number of benzene rings is 2. The van der Waals surface area contributed by atoms with E-state index in [4.69, 9.17) is 9.15 Å². The molecule has 0 saturated heterocycles. The number of thioether (sulfide) groups is 1. The normalized spacial score (nSPS) is 11.2. The lowest BCUT2D eigenvalue weighted by Gasteiger charge is -1.99. The van der Waals surface area contributed by atoms with Gasteiger partial charge in [0.05, 0.1) is 12.8 Å². The van der Waals surface area contributed by atoms with Crippen LogP contribution in [0.1, 0.15) is 25.3 Å². The van der Waals surface area contributed by atoms with E-state index in [9.17, 15) is 0 Å². The van der Waals surface area contributed by atoms with Crippen LogP contribution in [0.25, 0.3) is 11.5 Å². The average Bonchev–Trinajstić information content (AvgIpc) is 3.16. The van der Waals surface area contributed by atoms with Crippen molar-refractivity contribution in [3.05, 3.63) is 54.1 Å². The molecule has 0 fully saturated rings. The van der Waals surface area contributed by atoms with E-state index in [1.807, 2.05) is 54.7 Å². The number of nitrogens with zero attached hydrogens (tertiary/aromatic N) is 3. The second-order valence-corrected chi connectivity index (χ2v) is 6.70. The second-order valence-electron chi connectivity index (χ2n) is 5.65. The van der Waals surface area contributed by atoms with Gasteiger partial charge in [0.1, 0.15) is 5.75 Å². The Balaban J connectivity index is 1.63. The van der Waals surface area contributed by atoms with Gasteiger partial charge in [-0.15, -0.1) is 10.2 Å². The Morgan fingerprint density at radius 1 is 1.08 bits per heavy atom. The van der Waals surface area contributed by atoms with Gasteiger partial charge in [-0.3, -0.25) is 4.99 Å². The van der Waals surface area contributed by atoms with Crippen LogP contribution in [0.5, 0.6) is 5.75 Å². The van der Waals surface area contributed by atoms with Gasteiger partial charge in [0.25, 0.3) is 5.22 Å². The number of ether oxygens (including phenoxy) is 1. The third-order valence-electron chi connectivity index (χ3n) is 3.72. The first-order valence-electron chi connectivity index (χ1n) is 8.53. The lowest BCUT2D eigenvalue weighted by molar-refractivity contribution is 0.415. The van der Waals surface area contributed by atoms with Crippen molar-refractivity contribution in [1.82, 2.24) is 10.2 Å². The molecule has 6 heteroatoms. The van der Waals surface area contributed by atoms with E-state index in [1.165, 1.54) is 0 Å². The highest BCUT2D eigenvalue weighted by atomic mass is 32.2. The molecule has 0 aliphatic carbocycles. The van der Waals surface area contributed by atoms with E-state index in [1.54, 1.807) is 18.9 Å². The fourth-order valence-corrected chi connectivity index (χ4v) is 3.06. The zero-order valence-electron chi connectivity index (χ0n) is 14.9. The zero-order valence-corrected chi connectivity index (χ0v) is 15.7. The summed E-state index contributed by atoms with van der Waals surface area (Å²) in [5.74, 6) is 2.37. The quantitative estimate of drug-likeness (QED) is 0.303. The van der Waals surface area contributed by atoms with Gasteiger partial charge >= 0.3 is 0 Å². The summed E-state index contributed by atoms with van der Waals surface area (Å²) in [4.78, 5) is 4.49. The maximum Gasteiger partial charge on any atom is 0.276 e. The molecule has 0 spiro atoms. The Bertz CT molecular complexity index is 842. The van der Waals surface area contributed by atoms with Crippen molar-refractivity contribution in [2.45, 2.75) is 25.0 Å². The van der Waals surface area contributed by atoms with Gasteiger partial charge in [0.15, 0.2) is 0 Å². The Morgan fingerprint density at radius 3 is 2.54 bits per heavy atom. The van der Waals surface area contributed by atoms with Crippen LogP contribution in [-0.2, 0) is 0 Å². The summed E-state index contributed by atoms with van der Waals surface area (Å²) in [5, 5.41) is 8.82.